The van der Waals surface area contributed by atoms with Crippen LogP contribution in [-0.2, 0) is 16.1 Å². The second kappa shape index (κ2) is 7.42. The van der Waals surface area contributed by atoms with Gasteiger partial charge in [0.1, 0.15) is 0 Å². The Morgan fingerprint density at radius 1 is 1.22 bits per heavy atom. The topological polar surface area (TPSA) is 47.4 Å². The van der Waals surface area contributed by atoms with Gasteiger partial charge >= 0.3 is 5.97 Å². The van der Waals surface area contributed by atoms with Gasteiger partial charge in [-0.3, -0.25) is 9.69 Å². The molecular weight excluding hydrogens is 290 g/mol. The smallest absolute Gasteiger partial charge is 0.309 e. The fourth-order valence-corrected chi connectivity index (χ4v) is 2.99. The van der Waals surface area contributed by atoms with Crippen LogP contribution in [0.4, 0.5) is 0 Å². The van der Waals surface area contributed by atoms with Crippen LogP contribution in [0.15, 0.2) is 42.6 Å². The number of likely N-dealkylation sites (tertiary alicyclic amines) is 1. The van der Waals surface area contributed by atoms with Gasteiger partial charge < -0.3 is 4.74 Å². The molecule has 0 amide bonds. The maximum absolute atomic E-state index is 11.8. The minimum Gasteiger partial charge on any atom is -0.466 e. The number of benzene rings is 1. The fraction of sp³-hybridized carbons (Fsp3) is 0.444. The van der Waals surface area contributed by atoms with Crippen molar-refractivity contribution in [2.24, 2.45) is 5.92 Å². The van der Waals surface area contributed by atoms with E-state index < -0.39 is 0 Å². The van der Waals surface area contributed by atoms with Crippen LogP contribution < -0.4 is 0 Å². The first-order chi connectivity index (χ1) is 11.3. The van der Waals surface area contributed by atoms with Gasteiger partial charge in [-0.2, -0.15) is 5.10 Å². The van der Waals surface area contributed by atoms with Crippen LogP contribution >= 0.6 is 0 Å². The molecular formula is C18H23N3O2. The number of ether oxygens (including phenoxy) is 1. The van der Waals surface area contributed by atoms with Crippen LogP contribution in [0.25, 0.3) is 5.69 Å². The van der Waals surface area contributed by atoms with Crippen molar-refractivity contribution in [3.8, 4) is 5.69 Å². The lowest BCUT2D eigenvalue weighted by atomic mass is 9.97. The number of carbonyl (C=O) groups excluding carboxylic acids is 1. The average Bonchev–Trinajstić information content (AvgIpc) is 3.05. The van der Waals surface area contributed by atoms with Gasteiger partial charge in [-0.1, -0.05) is 18.2 Å². The summed E-state index contributed by atoms with van der Waals surface area (Å²) in [6.07, 6.45) is 3.74. The van der Waals surface area contributed by atoms with E-state index in [9.17, 15) is 4.79 Å². The Labute approximate surface area is 136 Å². The van der Waals surface area contributed by atoms with E-state index in [-0.39, 0.29) is 11.9 Å². The highest BCUT2D eigenvalue weighted by atomic mass is 16.5. The van der Waals surface area contributed by atoms with Crippen molar-refractivity contribution in [2.45, 2.75) is 26.3 Å². The third kappa shape index (κ3) is 3.99. The van der Waals surface area contributed by atoms with E-state index in [0.717, 1.165) is 43.9 Å². The number of hydrogen-bond donors (Lipinski definition) is 0. The Hall–Kier alpha value is -2.14. The van der Waals surface area contributed by atoms with Crippen LogP contribution in [0.2, 0.25) is 0 Å². The van der Waals surface area contributed by atoms with Crippen molar-refractivity contribution < 1.29 is 9.53 Å². The summed E-state index contributed by atoms with van der Waals surface area (Å²) in [6, 6.07) is 12.2. The summed E-state index contributed by atoms with van der Waals surface area (Å²) in [5.41, 5.74) is 2.13. The number of para-hydroxylation sites is 1. The second-order valence-corrected chi connectivity index (χ2v) is 5.89. The lowest BCUT2D eigenvalue weighted by Crippen LogP contribution is -2.36. The predicted octanol–water partition coefficient (Wildman–Crippen LogP) is 2.65. The molecule has 1 fully saturated rings. The molecule has 0 saturated carbocycles. The Bertz CT molecular complexity index is 631. The van der Waals surface area contributed by atoms with Gasteiger partial charge in [0.25, 0.3) is 0 Å². The molecule has 0 unspecified atom stereocenters. The number of rotatable bonds is 5. The Morgan fingerprint density at radius 3 is 2.65 bits per heavy atom. The summed E-state index contributed by atoms with van der Waals surface area (Å²) in [7, 11) is 0. The molecule has 2 aromatic rings. The Morgan fingerprint density at radius 2 is 1.96 bits per heavy atom. The highest BCUT2D eigenvalue weighted by molar-refractivity contribution is 5.72. The van der Waals surface area contributed by atoms with Crippen molar-refractivity contribution in [1.29, 1.82) is 0 Å². The second-order valence-electron chi connectivity index (χ2n) is 5.89. The molecule has 5 heteroatoms. The van der Waals surface area contributed by atoms with E-state index in [2.05, 4.69) is 16.1 Å². The van der Waals surface area contributed by atoms with Crippen LogP contribution in [0.5, 0.6) is 0 Å². The Kier molecular flexibility index (Phi) is 5.08. The molecule has 0 radical (unpaired) electrons. The first-order valence-electron chi connectivity index (χ1n) is 8.25. The largest absolute Gasteiger partial charge is 0.466 e. The van der Waals surface area contributed by atoms with E-state index in [0.29, 0.717) is 6.61 Å². The van der Waals surface area contributed by atoms with Gasteiger partial charge in [-0.05, 0) is 51.1 Å². The molecule has 1 saturated heterocycles. The van der Waals surface area contributed by atoms with Gasteiger partial charge in [-0.25, -0.2) is 4.68 Å². The van der Waals surface area contributed by atoms with Gasteiger partial charge in [0.05, 0.1) is 23.9 Å². The highest BCUT2D eigenvalue weighted by Crippen LogP contribution is 2.20. The van der Waals surface area contributed by atoms with Crippen LogP contribution in [0.3, 0.4) is 0 Å². The van der Waals surface area contributed by atoms with Gasteiger partial charge in [0, 0.05) is 12.7 Å². The van der Waals surface area contributed by atoms with Crippen molar-refractivity contribution in [3.63, 3.8) is 0 Å². The summed E-state index contributed by atoms with van der Waals surface area (Å²) in [5, 5.41) is 4.64. The summed E-state index contributed by atoms with van der Waals surface area (Å²) in [4.78, 5) is 14.1. The van der Waals surface area contributed by atoms with E-state index >= 15 is 0 Å². The molecule has 0 aliphatic carbocycles. The monoisotopic (exact) mass is 313 g/mol. The quantitative estimate of drug-likeness (QED) is 0.796. The molecule has 2 heterocycles. The van der Waals surface area contributed by atoms with E-state index in [1.54, 1.807) is 0 Å². The van der Waals surface area contributed by atoms with E-state index in [1.165, 1.54) is 0 Å². The molecule has 3 rings (SSSR count). The first kappa shape index (κ1) is 15.7. The number of piperidine rings is 1. The predicted molar refractivity (Wildman–Crippen MR) is 88.2 cm³/mol. The molecule has 0 bridgehead atoms. The molecule has 0 spiro atoms. The van der Waals surface area contributed by atoms with E-state index in [1.807, 2.05) is 48.1 Å². The van der Waals surface area contributed by atoms with Crippen molar-refractivity contribution >= 4 is 5.97 Å². The molecule has 23 heavy (non-hydrogen) atoms. The van der Waals surface area contributed by atoms with Gasteiger partial charge in [0.2, 0.25) is 0 Å². The average molecular weight is 313 g/mol. The number of esters is 1. The van der Waals surface area contributed by atoms with Crippen molar-refractivity contribution in [2.75, 3.05) is 19.7 Å². The highest BCUT2D eigenvalue weighted by Gasteiger charge is 2.26. The number of aromatic nitrogens is 2. The third-order valence-corrected chi connectivity index (χ3v) is 4.26. The molecule has 5 nitrogen and oxygen atoms in total. The first-order valence-corrected chi connectivity index (χ1v) is 8.25. The van der Waals surface area contributed by atoms with Crippen molar-refractivity contribution in [1.82, 2.24) is 14.7 Å². The summed E-state index contributed by atoms with van der Waals surface area (Å²) in [5.74, 6) is 0.0218. The Balaban J connectivity index is 1.53. The summed E-state index contributed by atoms with van der Waals surface area (Å²) >= 11 is 0. The maximum Gasteiger partial charge on any atom is 0.309 e. The number of carbonyl (C=O) groups is 1. The third-order valence-electron chi connectivity index (χ3n) is 4.26. The fourth-order valence-electron chi connectivity index (χ4n) is 2.99. The summed E-state index contributed by atoms with van der Waals surface area (Å²) in [6.45, 7) is 4.99. The SMILES string of the molecule is CCOC(=O)C1CCN(Cc2ccn(-c3ccccc3)n2)CC1. The zero-order valence-electron chi connectivity index (χ0n) is 13.5. The molecule has 1 aromatic carbocycles. The number of hydrogen-bond acceptors (Lipinski definition) is 4. The minimum atomic E-state index is -0.0412. The van der Waals surface area contributed by atoms with Gasteiger partial charge in [-0.15, -0.1) is 0 Å². The van der Waals surface area contributed by atoms with Crippen LogP contribution in [0.1, 0.15) is 25.5 Å². The standard InChI is InChI=1S/C18H23N3O2/c1-2-23-18(22)15-8-11-20(12-9-15)14-16-10-13-21(19-16)17-6-4-3-5-7-17/h3-7,10,13,15H,2,8-9,11-12,14H2,1H3. The molecule has 122 valence electrons. The van der Waals surface area contributed by atoms with Crippen LogP contribution in [0, 0.1) is 5.92 Å². The summed E-state index contributed by atoms with van der Waals surface area (Å²) < 4.78 is 7.02. The zero-order valence-corrected chi connectivity index (χ0v) is 13.5. The van der Waals surface area contributed by atoms with Crippen molar-refractivity contribution in [3.05, 3.63) is 48.3 Å². The molecule has 1 aromatic heterocycles. The molecule has 1 aliphatic heterocycles. The molecule has 1 aliphatic rings. The lowest BCUT2D eigenvalue weighted by molar-refractivity contribution is -0.149. The van der Waals surface area contributed by atoms with E-state index in [4.69, 9.17) is 4.74 Å². The lowest BCUT2D eigenvalue weighted by Gasteiger charge is -2.30. The molecule has 0 atom stereocenters. The maximum atomic E-state index is 11.8. The van der Waals surface area contributed by atoms with Gasteiger partial charge in [0.15, 0.2) is 0 Å². The van der Waals surface area contributed by atoms with Crippen LogP contribution in [-0.4, -0.2) is 40.3 Å². The zero-order chi connectivity index (χ0) is 16.1. The minimum absolute atomic E-state index is 0.0412. The molecule has 0 N–H and O–H groups in total. The normalized spacial score (nSPS) is 16.4. The number of nitrogens with zero attached hydrogens (tertiary/aromatic N) is 3.